The van der Waals surface area contributed by atoms with Gasteiger partial charge in [0, 0.05) is 25.0 Å². The molecule has 0 bridgehead atoms. The van der Waals surface area contributed by atoms with E-state index in [0.29, 0.717) is 24.4 Å². The van der Waals surface area contributed by atoms with Crippen LogP contribution in [0.25, 0.3) is 0 Å². The Morgan fingerprint density at radius 2 is 1.93 bits per heavy atom. The second-order valence-corrected chi connectivity index (χ2v) is 9.20. The van der Waals surface area contributed by atoms with E-state index in [1.54, 1.807) is 7.05 Å². The van der Waals surface area contributed by atoms with E-state index in [4.69, 9.17) is 4.42 Å². The Hall–Kier alpha value is -0.830. The minimum absolute atomic E-state index is 0. The van der Waals surface area contributed by atoms with Gasteiger partial charge in [0.15, 0.2) is 5.96 Å². The first-order valence-corrected chi connectivity index (χ1v) is 10.3. The average molecular weight is 505 g/mol. The van der Waals surface area contributed by atoms with Gasteiger partial charge in [-0.15, -0.1) is 24.0 Å². The SMILES string of the molecule is CN=C(NCc1ncc(C(C)(C)C)o1)NCC(C(C)C)N1CCC(C)CC1.I. The minimum atomic E-state index is -0.0262. The number of rotatable bonds is 6. The van der Waals surface area contributed by atoms with Crippen LogP contribution >= 0.6 is 24.0 Å². The van der Waals surface area contributed by atoms with Crippen LogP contribution in [0, 0.1) is 11.8 Å². The smallest absolute Gasteiger partial charge is 0.213 e. The number of hydrogen-bond donors (Lipinski definition) is 2. The lowest BCUT2D eigenvalue weighted by Gasteiger charge is -2.39. The first-order chi connectivity index (χ1) is 12.7. The van der Waals surface area contributed by atoms with Crippen LogP contribution in [-0.2, 0) is 12.0 Å². The van der Waals surface area contributed by atoms with Crippen molar-refractivity contribution in [3.8, 4) is 0 Å². The standard InChI is InChI=1S/C21H39N5O.HI/c1-15(2)17(26-10-8-16(3)9-11-26)12-24-20(22-7)25-14-19-23-13-18(27-19)21(4,5)6;/h13,15-17H,8-12,14H2,1-7H3,(H2,22,24,25);1H. The molecule has 1 aliphatic rings. The Morgan fingerprint density at radius 3 is 2.43 bits per heavy atom. The van der Waals surface area contributed by atoms with Crippen LogP contribution in [0.15, 0.2) is 15.6 Å². The van der Waals surface area contributed by atoms with Gasteiger partial charge in [-0.05, 0) is 37.8 Å². The summed E-state index contributed by atoms with van der Waals surface area (Å²) < 4.78 is 5.85. The predicted molar refractivity (Wildman–Crippen MR) is 127 cm³/mol. The van der Waals surface area contributed by atoms with Gasteiger partial charge in [-0.25, -0.2) is 4.98 Å². The molecule has 2 N–H and O–H groups in total. The number of piperidine rings is 1. The summed E-state index contributed by atoms with van der Waals surface area (Å²) in [4.78, 5) is 11.4. The zero-order valence-corrected chi connectivity index (χ0v) is 21.0. The third-order valence-corrected chi connectivity index (χ3v) is 5.46. The van der Waals surface area contributed by atoms with Crippen LogP contribution in [0.5, 0.6) is 0 Å². The quantitative estimate of drug-likeness (QED) is 0.348. The van der Waals surface area contributed by atoms with Crippen molar-refractivity contribution in [2.45, 2.75) is 72.4 Å². The number of likely N-dealkylation sites (tertiary alicyclic amines) is 1. The number of aliphatic imine (C=N–C) groups is 1. The molecule has 1 atom stereocenters. The van der Waals surface area contributed by atoms with E-state index >= 15 is 0 Å². The molecule has 1 saturated heterocycles. The summed E-state index contributed by atoms with van der Waals surface area (Å²) in [6.07, 6.45) is 4.42. The zero-order chi connectivity index (χ0) is 20.0. The molecular weight excluding hydrogens is 465 g/mol. The van der Waals surface area contributed by atoms with E-state index in [2.05, 4.69) is 67.1 Å². The van der Waals surface area contributed by atoms with Gasteiger partial charge < -0.3 is 15.1 Å². The molecule has 1 aliphatic heterocycles. The number of halogens is 1. The first-order valence-electron chi connectivity index (χ1n) is 10.3. The summed E-state index contributed by atoms with van der Waals surface area (Å²) in [7, 11) is 1.80. The molecule has 1 aromatic heterocycles. The maximum absolute atomic E-state index is 5.85. The Balaban J connectivity index is 0.00000392. The largest absolute Gasteiger partial charge is 0.443 e. The number of hydrogen-bond acceptors (Lipinski definition) is 4. The first kappa shape index (κ1) is 25.2. The van der Waals surface area contributed by atoms with Gasteiger partial charge >= 0.3 is 0 Å². The topological polar surface area (TPSA) is 65.7 Å². The highest BCUT2D eigenvalue weighted by Gasteiger charge is 2.25. The molecule has 1 fully saturated rings. The van der Waals surface area contributed by atoms with Gasteiger partial charge in [0.25, 0.3) is 0 Å². The van der Waals surface area contributed by atoms with Crippen LogP contribution in [0.4, 0.5) is 0 Å². The normalized spacial score (nSPS) is 18.1. The van der Waals surface area contributed by atoms with Crippen LogP contribution in [0.1, 0.15) is 66.0 Å². The van der Waals surface area contributed by atoms with E-state index in [9.17, 15) is 0 Å². The van der Waals surface area contributed by atoms with Crippen LogP contribution in [0.2, 0.25) is 0 Å². The highest BCUT2D eigenvalue weighted by Crippen LogP contribution is 2.23. The zero-order valence-electron chi connectivity index (χ0n) is 18.7. The van der Waals surface area contributed by atoms with E-state index < -0.39 is 0 Å². The third kappa shape index (κ3) is 7.54. The maximum atomic E-state index is 5.85. The van der Waals surface area contributed by atoms with Crippen molar-refractivity contribution in [2.24, 2.45) is 16.8 Å². The van der Waals surface area contributed by atoms with Gasteiger partial charge in [0.2, 0.25) is 5.89 Å². The lowest BCUT2D eigenvalue weighted by molar-refractivity contribution is 0.110. The van der Waals surface area contributed by atoms with E-state index in [1.165, 1.54) is 25.9 Å². The van der Waals surface area contributed by atoms with Crippen LogP contribution < -0.4 is 10.6 Å². The molecule has 0 spiro atoms. The fourth-order valence-electron chi connectivity index (χ4n) is 3.47. The minimum Gasteiger partial charge on any atom is -0.443 e. The summed E-state index contributed by atoms with van der Waals surface area (Å²) in [5.41, 5.74) is -0.0262. The van der Waals surface area contributed by atoms with Crippen molar-refractivity contribution in [3.63, 3.8) is 0 Å². The molecule has 2 rings (SSSR count). The van der Waals surface area contributed by atoms with Gasteiger partial charge in [-0.2, -0.15) is 0 Å². The van der Waals surface area contributed by atoms with Gasteiger partial charge in [0.1, 0.15) is 5.76 Å². The molecule has 28 heavy (non-hydrogen) atoms. The third-order valence-electron chi connectivity index (χ3n) is 5.46. The molecule has 6 nitrogen and oxygen atoms in total. The van der Waals surface area contributed by atoms with Crippen molar-refractivity contribution in [1.29, 1.82) is 0 Å². The van der Waals surface area contributed by atoms with Crippen molar-refractivity contribution in [2.75, 3.05) is 26.7 Å². The summed E-state index contributed by atoms with van der Waals surface area (Å²) >= 11 is 0. The molecule has 0 amide bonds. The Kier molecular flexibility index (Phi) is 10.2. The predicted octanol–water partition coefficient (Wildman–Crippen LogP) is 4.01. The second-order valence-electron chi connectivity index (χ2n) is 9.20. The molecule has 7 heteroatoms. The number of guanidine groups is 1. The molecule has 2 heterocycles. The summed E-state index contributed by atoms with van der Waals surface area (Å²) in [5.74, 6) is 3.84. The molecule has 0 aliphatic carbocycles. The summed E-state index contributed by atoms with van der Waals surface area (Å²) in [6, 6.07) is 0.519. The van der Waals surface area contributed by atoms with E-state index in [-0.39, 0.29) is 29.4 Å². The lowest BCUT2D eigenvalue weighted by Crippen LogP contribution is -2.51. The molecule has 0 radical (unpaired) electrons. The van der Waals surface area contributed by atoms with Gasteiger partial charge in [-0.3, -0.25) is 9.89 Å². The van der Waals surface area contributed by atoms with Crippen LogP contribution in [-0.4, -0.2) is 48.6 Å². The Labute approximate surface area is 188 Å². The maximum Gasteiger partial charge on any atom is 0.213 e. The van der Waals surface area contributed by atoms with Crippen molar-refractivity contribution < 1.29 is 4.42 Å². The Morgan fingerprint density at radius 1 is 1.29 bits per heavy atom. The summed E-state index contributed by atoms with van der Waals surface area (Å²) in [6.45, 7) is 17.2. The molecule has 0 saturated carbocycles. The number of nitrogens with one attached hydrogen (secondary N) is 2. The molecule has 0 aromatic carbocycles. The van der Waals surface area contributed by atoms with Gasteiger partial charge in [-0.1, -0.05) is 41.5 Å². The number of oxazole rings is 1. The molecule has 1 unspecified atom stereocenters. The molecule has 1 aromatic rings. The molecule has 162 valence electrons. The molecular formula is C21H40IN5O. The second kappa shape index (κ2) is 11.4. The van der Waals surface area contributed by atoms with E-state index in [0.717, 1.165) is 24.2 Å². The number of nitrogens with zero attached hydrogens (tertiary/aromatic N) is 3. The number of aromatic nitrogens is 1. The van der Waals surface area contributed by atoms with Crippen LogP contribution in [0.3, 0.4) is 0 Å². The monoisotopic (exact) mass is 505 g/mol. The fraction of sp³-hybridized carbons (Fsp3) is 0.810. The van der Waals surface area contributed by atoms with E-state index in [1.807, 2.05) is 6.20 Å². The fourth-order valence-corrected chi connectivity index (χ4v) is 3.47. The van der Waals surface area contributed by atoms with Gasteiger partial charge in [0.05, 0.1) is 12.7 Å². The lowest BCUT2D eigenvalue weighted by atomic mass is 9.94. The highest BCUT2D eigenvalue weighted by molar-refractivity contribution is 14.0. The van der Waals surface area contributed by atoms with Crippen molar-refractivity contribution in [1.82, 2.24) is 20.5 Å². The average Bonchev–Trinajstić information content (AvgIpc) is 3.08. The van der Waals surface area contributed by atoms with Crippen molar-refractivity contribution in [3.05, 3.63) is 17.8 Å². The van der Waals surface area contributed by atoms with Crippen molar-refractivity contribution >= 4 is 29.9 Å². The Bertz CT molecular complexity index is 600. The highest BCUT2D eigenvalue weighted by atomic mass is 127. The summed E-state index contributed by atoms with van der Waals surface area (Å²) in [5, 5.41) is 6.81.